The minimum atomic E-state index is -4.61. The number of ether oxygens (including phenoxy) is 1. The number of rotatable bonds is 3. The topological polar surface area (TPSA) is 39.2 Å². The number of aromatic nitrogens is 1. The third-order valence-corrected chi connectivity index (χ3v) is 1.94. The Hall–Kier alpha value is -1.37. The van der Waals surface area contributed by atoms with E-state index in [-0.39, 0.29) is 5.56 Å². The highest BCUT2D eigenvalue weighted by atomic mass is 35.5. The molecule has 3 nitrogen and oxygen atoms in total. The molecule has 0 N–H and O–H groups in total. The molecule has 0 bridgehead atoms. The highest BCUT2D eigenvalue weighted by Gasteiger charge is 2.29. The largest absolute Gasteiger partial charge is 0.466 e. The average molecular weight is 272 g/mol. The molecule has 0 amide bonds. The van der Waals surface area contributed by atoms with Gasteiger partial charge in [0.1, 0.15) is 5.15 Å². The van der Waals surface area contributed by atoms with E-state index in [1.807, 2.05) is 0 Å². The van der Waals surface area contributed by atoms with Crippen LogP contribution in [0.1, 0.15) is 17.3 Å². The van der Waals surface area contributed by atoms with Gasteiger partial charge in [-0.25, -0.2) is 4.39 Å². The van der Waals surface area contributed by atoms with E-state index in [1.165, 1.54) is 0 Å². The summed E-state index contributed by atoms with van der Waals surface area (Å²) < 4.78 is 52.8. The number of carbonyl (C=O) groups is 1. The maximum Gasteiger partial charge on any atom is 0.422 e. The lowest BCUT2D eigenvalue weighted by atomic mass is 10.2. The molecule has 1 rings (SSSR count). The number of pyridine rings is 1. The summed E-state index contributed by atoms with van der Waals surface area (Å²) in [5, 5.41) is -0.406. The number of Topliss-reactive ketones (excluding diaryl/α,β-unsaturated/α-hetero) is 1. The predicted molar refractivity (Wildman–Crippen MR) is 50.8 cm³/mol. The van der Waals surface area contributed by atoms with E-state index in [0.717, 1.165) is 6.92 Å². The minimum absolute atomic E-state index is 0.219. The zero-order chi connectivity index (χ0) is 13.2. The summed E-state index contributed by atoms with van der Waals surface area (Å²) in [5.74, 6) is -2.62. The first-order chi connectivity index (χ1) is 7.70. The lowest BCUT2D eigenvalue weighted by Crippen LogP contribution is -2.20. The van der Waals surface area contributed by atoms with Gasteiger partial charge in [-0.1, -0.05) is 11.6 Å². The van der Waals surface area contributed by atoms with Crippen molar-refractivity contribution in [3.63, 3.8) is 0 Å². The van der Waals surface area contributed by atoms with Crippen molar-refractivity contribution in [2.24, 2.45) is 0 Å². The minimum Gasteiger partial charge on any atom is -0.466 e. The number of hydrogen-bond acceptors (Lipinski definition) is 3. The molecule has 0 aliphatic heterocycles. The van der Waals surface area contributed by atoms with Gasteiger partial charge >= 0.3 is 6.18 Å². The summed E-state index contributed by atoms with van der Waals surface area (Å²) in [4.78, 5) is 14.2. The molecule has 1 aromatic heterocycles. The molecular weight excluding hydrogens is 266 g/mol. The van der Waals surface area contributed by atoms with Gasteiger partial charge in [0.05, 0.1) is 5.56 Å². The number of hydrogen-bond donors (Lipinski definition) is 0. The van der Waals surface area contributed by atoms with Crippen molar-refractivity contribution >= 4 is 17.4 Å². The molecule has 0 atom stereocenters. The van der Waals surface area contributed by atoms with Gasteiger partial charge in [-0.15, -0.1) is 0 Å². The van der Waals surface area contributed by atoms with E-state index >= 15 is 0 Å². The summed E-state index contributed by atoms with van der Waals surface area (Å²) in [6, 6.07) is 0.684. The van der Waals surface area contributed by atoms with Gasteiger partial charge in [0.2, 0.25) is 0 Å². The van der Waals surface area contributed by atoms with Gasteiger partial charge in [0, 0.05) is 0 Å². The van der Waals surface area contributed by atoms with Gasteiger partial charge in [-0.3, -0.25) is 4.79 Å². The number of carbonyl (C=O) groups excluding carboxylic acids is 1. The van der Waals surface area contributed by atoms with Crippen LogP contribution in [0.3, 0.4) is 0 Å². The maximum atomic E-state index is 13.2. The van der Waals surface area contributed by atoms with Crippen molar-refractivity contribution in [2.75, 3.05) is 6.61 Å². The smallest absolute Gasteiger partial charge is 0.422 e. The molecule has 1 heterocycles. The maximum absolute atomic E-state index is 13.2. The quantitative estimate of drug-likeness (QED) is 0.482. The molecule has 0 radical (unpaired) electrons. The number of halogens is 5. The molecule has 8 heteroatoms. The standard InChI is InChI=1S/C9H6ClF4NO2/c1-4(16)5-2-6(11)8(15-7(5)10)17-3-9(12,13)14/h2H,3H2,1H3. The molecular formula is C9H6ClF4NO2. The summed E-state index contributed by atoms with van der Waals surface area (Å²) in [6.45, 7) is -0.564. The van der Waals surface area contributed by atoms with Crippen LogP contribution in [0.4, 0.5) is 17.6 Å². The van der Waals surface area contributed by atoms with Gasteiger partial charge in [0.25, 0.3) is 5.88 Å². The molecule has 0 fully saturated rings. The fourth-order valence-electron chi connectivity index (χ4n) is 0.949. The zero-order valence-electron chi connectivity index (χ0n) is 8.44. The van der Waals surface area contributed by atoms with Gasteiger partial charge in [-0.05, 0) is 13.0 Å². The summed E-state index contributed by atoms with van der Waals surface area (Å²) in [5.41, 5.74) is -0.219. The number of ketones is 1. The van der Waals surface area contributed by atoms with E-state index in [0.29, 0.717) is 6.07 Å². The van der Waals surface area contributed by atoms with Crippen molar-refractivity contribution < 1.29 is 27.1 Å². The SMILES string of the molecule is CC(=O)c1cc(F)c(OCC(F)(F)F)nc1Cl. The first-order valence-electron chi connectivity index (χ1n) is 4.27. The van der Waals surface area contributed by atoms with Crippen molar-refractivity contribution in [3.05, 3.63) is 22.6 Å². The van der Waals surface area contributed by atoms with Gasteiger partial charge in [-0.2, -0.15) is 18.2 Å². The lowest BCUT2D eigenvalue weighted by molar-refractivity contribution is -0.154. The highest BCUT2D eigenvalue weighted by molar-refractivity contribution is 6.32. The second-order valence-electron chi connectivity index (χ2n) is 3.07. The van der Waals surface area contributed by atoms with Crippen LogP contribution >= 0.6 is 11.6 Å². The van der Waals surface area contributed by atoms with Crippen LogP contribution in [0.15, 0.2) is 6.07 Å². The third-order valence-electron chi connectivity index (χ3n) is 1.65. The molecule has 0 unspecified atom stereocenters. The van der Waals surface area contributed by atoms with Crippen molar-refractivity contribution in [2.45, 2.75) is 13.1 Å². The normalized spacial score (nSPS) is 11.4. The summed E-state index contributed by atoms with van der Waals surface area (Å²) in [7, 11) is 0. The highest BCUT2D eigenvalue weighted by Crippen LogP contribution is 2.24. The molecule has 0 saturated carbocycles. The molecule has 0 spiro atoms. The fraction of sp³-hybridized carbons (Fsp3) is 0.333. The van der Waals surface area contributed by atoms with Crippen molar-refractivity contribution in [3.8, 4) is 5.88 Å². The monoisotopic (exact) mass is 271 g/mol. The zero-order valence-corrected chi connectivity index (χ0v) is 9.19. The Labute approximate surface area is 98.4 Å². The number of nitrogens with zero attached hydrogens (tertiary/aromatic N) is 1. The Balaban J connectivity index is 2.96. The molecule has 0 aliphatic carbocycles. The Morgan fingerprint density at radius 3 is 2.59 bits per heavy atom. The molecule has 0 aromatic carbocycles. The molecule has 0 aliphatic rings. The van der Waals surface area contributed by atoms with Crippen LogP contribution < -0.4 is 4.74 Å². The van der Waals surface area contributed by atoms with Crippen LogP contribution in [0.2, 0.25) is 5.15 Å². The summed E-state index contributed by atoms with van der Waals surface area (Å²) >= 11 is 5.49. The molecule has 0 saturated heterocycles. The Kier molecular flexibility index (Phi) is 3.92. The van der Waals surface area contributed by atoms with E-state index in [2.05, 4.69) is 9.72 Å². The van der Waals surface area contributed by atoms with E-state index in [9.17, 15) is 22.4 Å². The third kappa shape index (κ3) is 3.85. The summed E-state index contributed by atoms with van der Waals surface area (Å²) in [6.07, 6.45) is -4.61. The van der Waals surface area contributed by atoms with E-state index in [4.69, 9.17) is 11.6 Å². The fourth-order valence-corrected chi connectivity index (χ4v) is 1.21. The molecule has 94 valence electrons. The second kappa shape index (κ2) is 4.87. The van der Waals surface area contributed by atoms with Crippen LogP contribution in [-0.4, -0.2) is 23.6 Å². The Morgan fingerprint density at radius 2 is 2.12 bits per heavy atom. The van der Waals surface area contributed by atoms with Crippen LogP contribution in [0.25, 0.3) is 0 Å². The average Bonchev–Trinajstić information content (AvgIpc) is 2.17. The van der Waals surface area contributed by atoms with Crippen molar-refractivity contribution in [1.82, 2.24) is 4.98 Å². The molecule has 17 heavy (non-hydrogen) atoms. The van der Waals surface area contributed by atoms with Gasteiger partial charge < -0.3 is 4.74 Å². The molecule has 1 aromatic rings. The van der Waals surface area contributed by atoms with Gasteiger partial charge in [0.15, 0.2) is 18.2 Å². The van der Waals surface area contributed by atoms with E-state index < -0.39 is 35.4 Å². The van der Waals surface area contributed by atoms with E-state index in [1.54, 1.807) is 0 Å². The second-order valence-corrected chi connectivity index (χ2v) is 3.43. The Morgan fingerprint density at radius 1 is 1.53 bits per heavy atom. The Bertz CT molecular complexity index is 447. The van der Waals surface area contributed by atoms with Crippen LogP contribution in [0.5, 0.6) is 5.88 Å². The number of alkyl halides is 3. The first-order valence-corrected chi connectivity index (χ1v) is 4.65. The van der Waals surface area contributed by atoms with Crippen LogP contribution in [0, 0.1) is 5.82 Å². The van der Waals surface area contributed by atoms with Crippen molar-refractivity contribution in [1.29, 1.82) is 0 Å². The first kappa shape index (κ1) is 13.7. The predicted octanol–water partition coefficient (Wildman–Crippen LogP) is 3.02. The lowest BCUT2D eigenvalue weighted by Gasteiger charge is -2.10. The van der Waals surface area contributed by atoms with Crippen LogP contribution in [-0.2, 0) is 0 Å².